The number of hydrogen-bond acceptors (Lipinski definition) is 3. The van der Waals surface area contributed by atoms with Crippen LogP contribution in [0.5, 0.6) is 0 Å². The Labute approximate surface area is 118 Å². The van der Waals surface area contributed by atoms with Crippen molar-refractivity contribution >= 4 is 17.3 Å². The van der Waals surface area contributed by atoms with E-state index >= 15 is 0 Å². The van der Waals surface area contributed by atoms with Crippen LogP contribution < -0.4 is 4.90 Å². The van der Waals surface area contributed by atoms with E-state index in [1.807, 2.05) is 0 Å². The average Bonchev–Trinajstić information content (AvgIpc) is 2.41. The lowest BCUT2D eigenvalue weighted by Gasteiger charge is -2.34. The lowest BCUT2D eigenvalue weighted by atomic mass is 9.94. The average molecular weight is 274 g/mol. The summed E-state index contributed by atoms with van der Waals surface area (Å²) in [6.07, 6.45) is 4.51. The van der Waals surface area contributed by atoms with Crippen LogP contribution in [0, 0.1) is 5.92 Å². The Morgan fingerprint density at radius 1 is 1.26 bits per heavy atom. The van der Waals surface area contributed by atoms with Crippen LogP contribution in [-0.2, 0) is 13.0 Å². The first-order chi connectivity index (χ1) is 9.22. The van der Waals surface area contributed by atoms with Crippen LogP contribution >= 0.6 is 11.6 Å². The van der Waals surface area contributed by atoms with Crippen LogP contribution in [0.1, 0.15) is 18.2 Å². The number of anilines is 1. The number of rotatable bonds is 2. The fraction of sp³-hybridized carbons (Fsp3) is 0.333. The molecule has 1 aliphatic rings. The normalized spacial score (nSPS) is 18.2. The van der Waals surface area contributed by atoms with E-state index in [-0.39, 0.29) is 0 Å². The third kappa shape index (κ3) is 2.71. The van der Waals surface area contributed by atoms with Gasteiger partial charge in [-0.1, -0.05) is 36.7 Å². The van der Waals surface area contributed by atoms with Gasteiger partial charge in [-0.3, -0.25) is 4.98 Å². The number of hydrogen-bond donors (Lipinski definition) is 0. The fourth-order valence-electron chi connectivity index (χ4n) is 2.67. The topological polar surface area (TPSA) is 29.0 Å². The Bertz CT molecular complexity index is 568. The second kappa shape index (κ2) is 5.17. The molecule has 98 valence electrons. The van der Waals surface area contributed by atoms with E-state index in [1.165, 1.54) is 11.3 Å². The predicted octanol–water partition coefficient (Wildman–Crippen LogP) is 3.33. The Morgan fingerprint density at radius 2 is 2.11 bits per heavy atom. The molecule has 3 nitrogen and oxygen atoms in total. The molecule has 19 heavy (non-hydrogen) atoms. The van der Waals surface area contributed by atoms with Crippen LogP contribution in [0.3, 0.4) is 0 Å². The van der Waals surface area contributed by atoms with E-state index in [4.69, 9.17) is 11.6 Å². The van der Waals surface area contributed by atoms with Crippen molar-refractivity contribution in [1.82, 2.24) is 9.97 Å². The number of fused-ring (bicyclic) bond motifs is 1. The van der Waals surface area contributed by atoms with E-state index in [1.54, 1.807) is 12.4 Å². The van der Waals surface area contributed by atoms with Crippen LogP contribution in [-0.4, -0.2) is 16.5 Å². The van der Waals surface area contributed by atoms with Crippen LogP contribution in [0.25, 0.3) is 0 Å². The van der Waals surface area contributed by atoms with E-state index in [0.29, 0.717) is 11.1 Å². The third-order valence-electron chi connectivity index (χ3n) is 3.46. The van der Waals surface area contributed by atoms with Gasteiger partial charge in [-0.15, -0.1) is 0 Å². The van der Waals surface area contributed by atoms with Crippen molar-refractivity contribution in [2.45, 2.75) is 19.9 Å². The molecular weight excluding hydrogens is 258 g/mol. The van der Waals surface area contributed by atoms with Gasteiger partial charge in [-0.2, -0.15) is 0 Å². The fourth-order valence-corrected chi connectivity index (χ4v) is 2.77. The van der Waals surface area contributed by atoms with Crippen molar-refractivity contribution in [1.29, 1.82) is 0 Å². The van der Waals surface area contributed by atoms with Crippen LogP contribution in [0.4, 0.5) is 5.69 Å². The molecule has 0 bridgehead atoms. The van der Waals surface area contributed by atoms with Crippen molar-refractivity contribution in [2.24, 2.45) is 5.92 Å². The third-order valence-corrected chi connectivity index (χ3v) is 3.65. The van der Waals surface area contributed by atoms with Crippen LogP contribution in [0.2, 0.25) is 5.15 Å². The maximum Gasteiger partial charge on any atom is 0.147 e. The minimum Gasteiger partial charge on any atom is -0.365 e. The molecule has 0 fully saturated rings. The molecule has 2 heterocycles. The lowest BCUT2D eigenvalue weighted by molar-refractivity contribution is 0.528. The second-order valence-corrected chi connectivity index (χ2v) is 5.54. The number of aromatic nitrogens is 2. The van der Waals surface area contributed by atoms with Crippen molar-refractivity contribution in [3.8, 4) is 0 Å². The highest BCUT2D eigenvalue weighted by atomic mass is 35.5. The van der Waals surface area contributed by atoms with Gasteiger partial charge in [0.05, 0.1) is 24.6 Å². The minimum atomic E-state index is 0.441. The summed E-state index contributed by atoms with van der Waals surface area (Å²) in [7, 11) is 0. The molecule has 1 unspecified atom stereocenters. The van der Waals surface area contributed by atoms with Gasteiger partial charge in [-0.05, 0) is 24.0 Å². The second-order valence-electron chi connectivity index (χ2n) is 5.15. The monoisotopic (exact) mass is 273 g/mol. The van der Waals surface area contributed by atoms with Crippen molar-refractivity contribution in [3.05, 3.63) is 53.1 Å². The molecule has 0 N–H and O–H groups in total. The highest BCUT2D eigenvalue weighted by Gasteiger charge is 2.21. The smallest absolute Gasteiger partial charge is 0.147 e. The standard InChI is InChI=1S/C15H16ClN3/c1-11-6-12-4-2-3-5-14(12)19(9-11)10-13-7-18-15(16)8-17-13/h2-5,7-8,11H,6,9-10H2,1H3. The molecule has 2 aromatic rings. The van der Waals surface area contributed by atoms with E-state index < -0.39 is 0 Å². The molecule has 0 radical (unpaired) electrons. The summed E-state index contributed by atoms with van der Waals surface area (Å²) in [6, 6.07) is 8.60. The summed E-state index contributed by atoms with van der Waals surface area (Å²) in [5, 5.41) is 0.441. The molecule has 1 aromatic heterocycles. The Morgan fingerprint density at radius 3 is 2.89 bits per heavy atom. The van der Waals surface area contributed by atoms with Crippen molar-refractivity contribution in [2.75, 3.05) is 11.4 Å². The quantitative estimate of drug-likeness (QED) is 0.840. The van der Waals surface area contributed by atoms with Crippen LogP contribution in [0.15, 0.2) is 36.7 Å². The zero-order valence-corrected chi connectivity index (χ0v) is 11.6. The predicted molar refractivity (Wildman–Crippen MR) is 77.4 cm³/mol. The Kier molecular flexibility index (Phi) is 3.38. The number of halogens is 1. The highest BCUT2D eigenvalue weighted by molar-refractivity contribution is 6.29. The first kappa shape index (κ1) is 12.4. The Balaban J connectivity index is 1.86. The first-order valence-corrected chi connectivity index (χ1v) is 6.89. The lowest BCUT2D eigenvalue weighted by Crippen LogP contribution is -2.34. The van der Waals surface area contributed by atoms with Gasteiger partial charge in [-0.25, -0.2) is 4.98 Å². The summed E-state index contributed by atoms with van der Waals surface area (Å²) in [4.78, 5) is 10.8. The molecule has 0 aliphatic carbocycles. The maximum atomic E-state index is 5.77. The maximum absolute atomic E-state index is 5.77. The summed E-state index contributed by atoms with van der Waals surface area (Å²) in [6.45, 7) is 4.13. The SMILES string of the molecule is CC1Cc2ccccc2N(Cc2cnc(Cl)cn2)C1. The molecule has 0 amide bonds. The van der Waals surface area contributed by atoms with E-state index in [9.17, 15) is 0 Å². The van der Waals surface area contributed by atoms with Gasteiger partial charge in [0.2, 0.25) is 0 Å². The number of benzene rings is 1. The summed E-state index contributed by atoms with van der Waals surface area (Å²) < 4.78 is 0. The van der Waals surface area contributed by atoms with Gasteiger partial charge in [0, 0.05) is 12.2 Å². The molecule has 1 atom stereocenters. The molecule has 1 aliphatic heterocycles. The first-order valence-electron chi connectivity index (χ1n) is 6.51. The van der Waals surface area contributed by atoms with E-state index in [2.05, 4.69) is 46.1 Å². The molecule has 0 saturated heterocycles. The van der Waals surface area contributed by atoms with Gasteiger partial charge in [0.1, 0.15) is 5.15 Å². The zero-order valence-electron chi connectivity index (χ0n) is 10.9. The zero-order chi connectivity index (χ0) is 13.2. The van der Waals surface area contributed by atoms with Crippen molar-refractivity contribution in [3.63, 3.8) is 0 Å². The van der Waals surface area contributed by atoms with Gasteiger partial charge in [0.25, 0.3) is 0 Å². The minimum absolute atomic E-state index is 0.441. The molecule has 1 aromatic carbocycles. The Hall–Kier alpha value is -1.61. The highest BCUT2D eigenvalue weighted by Crippen LogP contribution is 2.30. The largest absolute Gasteiger partial charge is 0.365 e. The molecule has 3 rings (SSSR count). The molecule has 0 spiro atoms. The molecule has 0 saturated carbocycles. The van der Waals surface area contributed by atoms with Crippen molar-refractivity contribution < 1.29 is 0 Å². The summed E-state index contributed by atoms with van der Waals surface area (Å²) in [5.41, 5.74) is 3.69. The molecule has 4 heteroatoms. The van der Waals surface area contributed by atoms with E-state index in [0.717, 1.165) is 25.2 Å². The van der Waals surface area contributed by atoms with Gasteiger partial charge in [0.15, 0.2) is 0 Å². The number of nitrogens with zero attached hydrogens (tertiary/aromatic N) is 3. The van der Waals surface area contributed by atoms with Gasteiger partial charge < -0.3 is 4.90 Å². The number of para-hydroxylation sites is 1. The summed E-state index contributed by atoms with van der Waals surface area (Å²) >= 11 is 5.77. The van der Waals surface area contributed by atoms with Gasteiger partial charge >= 0.3 is 0 Å². The molecular formula is C15H16ClN3. The summed E-state index contributed by atoms with van der Waals surface area (Å²) in [5.74, 6) is 0.662.